The molecule has 1 aromatic rings. The molecule has 0 atom stereocenters. The number of hydrogen-bond acceptors (Lipinski definition) is 8. The fourth-order valence-electron chi connectivity index (χ4n) is 4.18. The minimum atomic E-state index is -1.82. The Bertz CT molecular complexity index is 718. The van der Waals surface area contributed by atoms with Gasteiger partial charge in [0.2, 0.25) is 0 Å². The Labute approximate surface area is 188 Å². The molecule has 0 bridgehead atoms. The molecule has 0 amide bonds. The highest BCUT2D eigenvalue weighted by Crippen LogP contribution is 2.27. The summed E-state index contributed by atoms with van der Waals surface area (Å²) >= 11 is 0. The number of aliphatic hydroxyl groups excluding tert-OH is 1. The zero-order valence-corrected chi connectivity index (χ0v) is 18.9. The summed E-state index contributed by atoms with van der Waals surface area (Å²) in [6.45, 7) is 8.69. The van der Waals surface area contributed by atoms with Crippen LogP contribution >= 0.6 is 0 Å². The summed E-state index contributed by atoms with van der Waals surface area (Å²) < 4.78 is 10.9. The molecule has 2 heterocycles. The number of benzene rings is 1. The van der Waals surface area contributed by atoms with Crippen molar-refractivity contribution in [3.63, 3.8) is 0 Å². The van der Waals surface area contributed by atoms with Crippen LogP contribution < -0.4 is 9.47 Å². The Balaban J connectivity index is 0.000000534. The third kappa shape index (κ3) is 7.94. The van der Waals surface area contributed by atoms with Gasteiger partial charge < -0.3 is 24.8 Å². The maximum absolute atomic E-state index is 9.10. The first-order chi connectivity index (χ1) is 15.4. The predicted molar refractivity (Wildman–Crippen MR) is 118 cm³/mol. The van der Waals surface area contributed by atoms with Crippen molar-refractivity contribution < 1.29 is 34.4 Å². The van der Waals surface area contributed by atoms with Gasteiger partial charge in [0.05, 0.1) is 20.8 Å². The van der Waals surface area contributed by atoms with Crippen LogP contribution in [-0.4, -0.2) is 115 Å². The minimum absolute atomic E-state index is 0.270. The van der Waals surface area contributed by atoms with E-state index in [2.05, 4.69) is 20.8 Å². The Hall–Kier alpha value is -2.40. The van der Waals surface area contributed by atoms with Crippen LogP contribution in [0.4, 0.5) is 0 Å². The van der Waals surface area contributed by atoms with Gasteiger partial charge in [-0.05, 0) is 44.1 Å². The number of carbonyl (C=O) groups is 2. The summed E-state index contributed by atoms with van der Waals surface area (Å²) in [5, 5.41) is 23.9. The number of piperidine rings is 1. The number of ether oxygens (including phenoxy) is 2. The number of rotatable bonds is 7. The number of piperazine rings is 1. The fraction of sp³-hybridized carbons (Fsp3) is 0.636. The van der Waals surface area contributed by atoms with E-state index in [1.165, 1.54) is 18.4 Å². The number of aliphatic hydroxyl groups is 1. The SMILES string of the molecule is COc1ccc(OC)c(CN2CCC(N3CCN(CCO)CC3)CC2)c1.O=C(O)C(=O)O. The Morgan fingerprint density at radius 1 is 0.938 bits per heavy atom. The van der Waals surface area contributed by atoms with Crippen molar-refractivity contribution in [1.29, 1.82) is 0 Å². The monoisotopic (exact) mass is 453 g/mol. The molecule has 10 nitrogen and oxygen atoms in total. The largest absolute Gasteiger partial charge is 0.497 e. The van der Waals surface area contributed by atoms with Gasteiger partial charge in [0, 0.05) is 50.9 Å². The first-order valence-corrected chi connectivity index (χ1v) is 10.8. The number of carboxylic acid groups (broad SMARTS) is 2. The molecule has 32 heavy (non-hydrogen) atoms. The highest BCUT2D eigenvalue weighted by atomic mass is 16.5. The van der Waals surface area contributed by atoms with E-state index in [1.54, 1.807) is 14.2 Å². The molecule has 0 aliphatic carbocycles. The van der Waals surface area contributed by atoms with Gasteiger partial charge in [-0.3, -0.25) is 14.7 Å². The Morgan fingerprint density at radius 3 is 2.06 bits per heavy atom. The van der Waals surface area contributed by atoms with Gasteiger partial charge in [-0.2, -0.15) is 0 Å². The number of carboxylic acids is 2. The van der Waals surface area contributed by atoms with Crippen LogP contribution in [0.15, 0.2) is 18.2 Å². The first kappa shape index (κ1) is 25.9. The molecule has 1 aromatic carbocycles. The predicted octanol–water partition coefficient (Wildman–Crippen LogP) is 0.434. The second-order valence-electron chi connectivity index (χ2n) is 7.90. The molecule has 2 aliphatic heterocycles. The topological polar surface area (TPSA) is 123 Å². The van der Waals surface area contributed by atoms with E-state index in [-0.39, 0.29) is 6.61 Å². The van der Waals surface area contributed by atoms with Crippen molar-refractivity contribution in [2.75, 3.05) is 66.6 Å². The third-order valence-electron chi connectivity index (χ3n) is 5.96. The quantitative estimate of drug-likeness (QED) is 0.501. The summed E-state index contributed by atoms with van der Waals surface area (Å²) in [6, 6.07) is 6.73. The molecule has 0 aromatic heterocycles. The van der Waals surface area contributed by atoms with Crippen LogP contribution in [-0.2, 0) is 16.1 Å². The summed E-state index contributed by atoms with van der Waals surface area (Å²) in [7, 11) is 3.44. The Morgan fingerprint density at radius 2 is 1.56 bits per heavy atom. The molecule has 2 saturated heterocycles. The van der Waals surface area contributed by atoms with Crippen molar-refractivity contribution in [1.82, 2.24) is 14.7 Å². The first-order valence-electron chi connectivity index (χ1n) is 10.8. The van der Waals surface area contributed by atoms with E-state index in [0.717, 1.165) is 63.9 Å². The molecular formula is C22H35N3O7. The number of methoxy groups -OCH3 is 2. The molecule has 0 saturated carbocycles. The third-order valence-corrected chi connectivity index (χ3v) is 5.96. The molecule has 180 valence electrons. The van der Waals surface area contributed by atoms with Crippen LogP contribution in [0.25, 0.3) is 0 Å². The fourth-order valence-corrected chi connectivity index (χ4v) is 4.18. The van der Waals surface area contributed by atoms with E-state index in [0.29, 0.717) is 6.04 Å². The standard InChI is InChI=1S/C20H33N3O3.C2H2O4/c1-25-19-3-4-20(26-2)17(15-19)16-22-7-5-18(6-8-22)23-11-9-21(10-12-23)13-14-24;3-1(4)2(5)6/h3-4,15,18,24H,5-14,16H2,1-2H3;(H,3,4)(H,5,6). The molecule has 2 fully saturated rings. The number of nitrogens with zero attached hydrogens (tertiary/aromatic N) is 3. The lowest BCUT2D eigenvalue weighted by molar-refractivity contribution is -0.159. The van der Waals surface area contributed by atoms with Gasteiger partial charge >= 0.3 is 11.9 Å². The minimum Gasteiger partial charge on any atom is -0.497 e. The summed E-state index contributed by atoms with van der Waals surface area (Å²) in [6.07, 6.45) is 2.46. The highest BCUT2D eigenvalue weighted by Gasteiger charge is 2.27. The Kier molecular flexibility index (Phi) is 10.7. The molecule has 0 spiro atoms. The molecular weight excluding hydrogens is 418 g/mol. The second kappa shape index (κ2) is 13.2. The van der Waals surface area contributed by atoms with Crippen molar-refractivity contribution in [2.24, 2.45) is 0 Å². The number of β-amino-alcohol motifs (C(OH)–C–C–N with tert-alkyl or cyclic N) is 1. The van der Waals surface area contributed by atoms with Gasteiger partial charge in [-0.15, -0.1) is 0 Å². The second-order valence-corrected chi connectivity index (χ2v) is 7.90. The van der Waals surface area contributed by atoms with E-state index < -0.39 is 11.9 Å². The lowest BCUT2D eigenvalue weighted by atomic mass is 10.0. The average Bonchev–Trinajstić information content (AvgIpc) is 2.80. The van der Waals surface area contributed by atoms with Crippen LogP contribution in [0, 0.1) is 0 Å². The molecule has 2 aliphatic rings. The van der Waals surface area contributed by atoms with E-state index >= 15 is 0 Å². The van der Waals surface area contributed by atoms with Gasteiger partial charge in [0.15, 0.2) is 0 Å². The van der Waals surface area contributed by atoms with Gasteiger partial charge in [-0.1, -0.05) is 0 Å². The lowest BCUT2D eigenvalue weighted by Gasteiger charge is -2.42. The van der Waals surface area contributed by atoms with Crippen LogP contribution in [0.5, 0.6) is 11.5 Å². The number of hydrogen-bond donors (Lipinski definition) is 3. The summed E-state index contributed by atoms with van der Waals surface area (Å²) in [4.78, 5) is 25.7. The maximum Gasteiger partial charge on any atom is 0.414 e. The number of likely N-dealkylation sites (tertiary alicyclic amines) is 1. The van der Waals surface area contributed by atoms with Crippen LogP contribution in [0.1, 0.15) is 18.4 Å². The van der Waals surface area contributed by atoms with Gasteiger partial charge in [0.1, 0.15) is 11.5 Å². The summed E-state index contributed by atoms with van der Waals surface area (Å²) in [5.41, 5.74) is 1.20. The van der Waals surface area contributed by atoms with Crippen molar-refractivity contribution >= 4 is 11.9 Å². The molecule has 3 N–H and O–H groups in total. The van der Waals surface area contributed by atoms with E-state index in [9.17, 15) is 0 Å². The zero-order chi connectivity index (χ0) is 23.5. The molecule has 0 unspecified atom stereocenters. The molecule has 3 rings (SSSR count). The van der Waals surface area contributed by atoms with Crippen molar-refractivity contribution in [2.45, 2.75) is 25.4 Å². The zero-order valence-electron chi connectivity index (χ0n) is 18.9. The molecule has 0 radical (unpaired) electrons. The molecule has 10 heteroatoms. The van der Waals surface area contributed by atoms with E-state index in [1.807, 2.05) is 12.1 Å². The van der Waals surface area contributed by atoms with Gasteiger partial charge in [0.25, 0.3) is 0 Å². The summed E-state index contributed by atoms with van der Waals surface area (Å²) in [5.74, 6) is -1.82. The number of aliphatic carboxylic acids is 2. The lowest BCUT2D eigenvalue weighted by Crippen LogP contribution is -2.53. The van der Waals surface area contributed by atoms with Gasteiger partial charge in [-0.25, -0.2) is 9.59 Å². The van der Waals surface area contributed by atoms with Crippen molar-refractivity contribution in [3.8, 4) is 11.5 Å². The smallest absolute Gasteiger partial charge is 0.414 e. The van der Waals surface area contributed by atoms with E-state index in [4.69, 9.17) is 34.4 Å². The average molecular weight is 454 g/mol. The van der Waals surface area contributed by atoms with Crippen molar-refractivity contribution in [3.05, 3.63) is 23.8 Å². The highest BCUT2D eigenvalue weighted by molar-refractivity contribution is 6.27. The maximum atomic E-state index is 9.10. The normalized spacial score (nSPS) is 18.5. The van der Waals surface area contributed by atoms with Crippen LogP contribution in [0.2, 0.25) is 0 Å². The van der Waals surface area contributed by atoms with Crippen LogP contribution in [0.3, 0.4) is 0 Å².